The molecule has 1 atom stereocenters. The molecular weight excluding hydrogens is 329 g/mol. The van der Waals surface area contributed by atoms with Gasteiger partial charge in [0.2, 0.25) is 0 Å². The van der Waals surface area contributed by atoms with Crippen LogP contribution >= 0.6 is 0 Å². The van der Waals surface area contributed by atoms with E-state index < -0.39 is 36.4 Å². The second-order valence-electron chi connectivity index (χ2n) is 5.81. The Morgan fingerprint density at radius 1 is 1.38 bits per heavy atom. The number of halogens is 3. The molecule has 9 heteroatoms. The smallest absolute Gasteiger partial charge is 0.406 e. The maximum atomic E-state index is 13.2. The van der Waals surface area contributed by atoms with Crippen molar-refractivity contribution in [3.63, 3.8) is 0 Å². The van der Waals surface area contributed by atoms with Crippen molar-refractivity contribution >= 4 is 23.0 Å². The number of aromatic nitrogens is 1. The van der Waals surface area contributed by atoms with Crippen LogP contribution in [0.15, 0.2) is 22.6 Å². The van der Waals surface area contributed by atoms with Crippen LogP contribution in [0.1, 0.15) is 22.7 Å². The quantitative estimate of drug-likeness (QED) is 0.907. The number of amides is 1. The first-order valence-electron chi connectivity index (χ1n) is 7.11. The molecule has 3 heterocycles. The molecular formula is C15H13F3N2O4. The standard InChI is InChI=1S/C15H13F3N2O4/c1-8-2-3-10-9(19-8)6-11(24-10)12(21)20-5-4-14(7-20,13(22)23)15(16,17)18/h2-3,6H,4-5,7H2,1H3,(H,22,23). The second kappa shape index (κ2) is 5.22. The lowest BCUT2D eigenvalue weighted by Crippen LogP contribution is -2.47. The molecule has 0 aromatic carbocycles. The molecule has 0 bridgehead atoms. The van der Waals surface area contributed by atoms with Crippen LogP contribution in [-0.2, 0) is 4.79 Å². The first-order valence-corrected chi connectivity index (χ1v) is 7.11. The van der Waals surface area contributed by atoms with Crippen LogP contribution in [0.3, 0.4) is 0 Å². The van der Waals surface area contributed by atoms with Crippen molar-refractivity contribution in [1.82, 2.24) is 9.88 Å². The number of rotatable bonds is 2. The van der Waals surface area contributed by atoms with Crippen molar-refractivity contribution in [3.8, 4) is 0 Å². The Morgan fingerprint density at radius 2 is 2.08 bits per heavy atom. The lowest BCUT2D eigenvalue weighted by atomic mass is 9.86. The number of carbonyl (C=O) groups is 2. The van der Waals surface area contributed by atoms with E-state index in [4.69, 9.17) is 9.52 Å². The van der Waals surface area contributed by atoms with Gasteiger partial charge in [0.15, 0.2) is 16.8 Å². The largest absolute Gasteiger partial charge is 0.481 e. The number of aliphatic carboxylic acids is 1. The Balaban J connectivity index is 1.89. The van der Waals surface area contributed by atoms with Crippen molar-refractivity contribution < 1.29 is 32.3 Å². The summed E-state index contributed by atoms with van der Waals surface area (Å²) in [6, 6.07) is 4.63. The molecule has 2 aromatic rings. The summed E-state index contributed by atoms with van der Waals surface area (Å²) in [4.78, 5) is 28.6. The predicted molar refractivity (Wildman–Crippen MR) is 75.4 cm³/mol. The number of hydrogen-bond acceptors (Lipinski definition) is 4. The summed E-state index contributed by atoms with van der Waals surface area (Å²) in [5, 5.41) is 9.02. The number of hydrogen-bond donors (Lipinski definition) is 1. The van der Waals surface area contributed by atoms with Gasteiger partial charge in [-0.15, -0.1) is 0 Å². The number of carboxylic acid groups (broad SMARTS) is 1. The Morgan fingerprint density at radius 3 is 2.67 bits per heavy atom. The summed E-state index contributed by atoms with van der Waals surface area (Å²) >= 11 is 0. The Bertz CT molecular complexity index is 830. The van der Waals surface area contributed by atoms with E-state index in [-0.39, 0.29) is 12.3 Å². The molecule has 6 nitrogen and oxygen atoms in total. The molecule has 3 rings (SSSR count). The monoisotopic (exact) mass is 342 g/mol. The highest BCUT2D eigenvalue weighted by Gasteiger charge is 2.64. The number of pyridine rings is 1. The molecule has 2 aromatic heterocycles. The third-order valence-corrected chi connectivity index (χ3v) is 4.23. The van der Waals surface area contributed by atoms with Crippen molar-refractivity contribution in [2.24, 2.45) is 5.41 Å². The van der Waals surface area contributed by atoms with Crippen molar-refractivity contribution in [1.29, 1.82) is 0 Å². The molecule has 24 heavy (non-hydrogen) atoms. The third kappa shape index (κ3) is 2.40. The number of nitrogens with zero attached hydrogens (tertiary/aromatic N) is 2. The first kappa shape index (κ1) is 16.3. The topological polar surface area (TPSA) is 83.6 Å². The van der Waals surface area contributed by atoms with Gasteiger partial charge in [-0.1, -0.05) is 0 Å². The maximum absolute atomic E-state index is 13.2. The highest BCUT2D eigenvalue weighted by atomic mass is 19.4. The molecule has 0 radical (unpaired) electrons. The second-order valence-corrected chi connectivity index (χ2v) is 5.81. The summed E-state index contributed by atoms with van der Waals surface area (Å²) in [7, 11) is 0. The van der Waals surface area contributed by atoms with Gasteiger partial charge in [0.05, 0.1) is 0 Å². The number of aryl methyl sites for hydroxylation is 1. The fraction of sp³-hybridized carbons (Fsp3) is 0.400. The van der Waals surface area contributed by atoms with E-state index in [0.717, 1.165) is 4.90 Å². The van der Waals surface area contributed by atoms with Crippen molar-refractivity contribution in [2.45, 2.75) is 19.5 Å². The normalized spacial score (nSPS) is 21.4. The highest BCUT2D eigenvalue weighted by molar-refractivity contribution is 5.96. The van der Waals surface area contributed by atoms with Gasteiger partial charge in [-0.3, -0.25) is 9.59 Å². The number of alkyl halides is 3. The SMILES string of the molecule is Cc1ccc2oc(C(=O)N3CCC(C(=O)O)(C(F)(F)F)C3)cc2n1. The molecule has 1 saturated heterocycles. The summed E-state index contributed by atoms with van der Waals surface area (Å²) in [5.41, 5.74) is -1.49. The van der Waals surface area contributed by atoms with Crippen molar-refractivity contribution in [3.05, 3.63) is 29.7 Å². The summed E-state index contributed by atoms with van der Waals surface area (Å²) in [5.74, 6) is -2.92. The molecule has 1 N–H and O–H groups in total. The number of carboxylic acids is 1. The minimum atomic E-state index is -4.94. The van der Waals surface area contributed by atoms with Gasteiger partial charge in [-0.25, -0.2) is 4.98 Å². The summed E-state index contributed by atoms with van der Waals surface area (Å²) in [6.45, 7) is 0.501. The molecule has 1 aliphatic heterocycles. The molecule has 1 amide bonds. The van der Waals surface area contributed by atoms with Gasteiger partial charge in [-0.05, 0) is 25.5 Å². The van der Waals surface area contributed by atoms with Gasteiger partial charge in [0, 0.05) is 24.8 Å². The zero-order valence-corrected chi connectivity index (χ0v) is 12.6. The third-order valence-electron chi connectivity index (χ3n) is 4.23. The Hall–Kier alpha value is -2.58. The van der Waals surface area contributed by atoms with E-state index in [1.54, 1.807) is 19.1 Å². The molecule has 0 aliphatic carbocycles. The summed E-state index contributed by atoms with van der Waals surface area (Å²) in [6.07, 6.45) is -5.63. The van der Waals surface area contributed by atoms with E-state index in [2.05, 4.69) is 4.98 Å². The van der Waals surface area contributed by atoms with Crippen molar-refractivity contribution in [2.75, 3.05) is 13.1 Å². The van der Waals surface area contributed by atoms with E-state index in [1.807, 2.05) is 0 Å². The molecule has 1 fully saturated rings. The Kier molecular flexibility index (Phi) is 3.54. The zero-order chi connectivity index (χ0) is 17.7. The van der Waals surface area contributed by atoms with Crippen LogP contribution in [0.2, 0.25) is 0 Å². The zero-order valence-electron chi connectivity index (χ0n) is 12.6. The number of likely N-dealkylation sites (tertiary alicyclic amines) is 1. The number of furan rings is 1. The first-order chi connectivity index (χ1) is 11.1. The molecule has 0 saturated carbocycles. The Labute approximate surface area is 133 Å². The van der Waals surface area contributed by atoms with E-state index >= 15 is 0 Å². The highest BCUT2D eigenvalue weighted by Crippen LogP contribution is 2.46. The molecule has 0 spiro atoms. The van der Waals surface area contributed by atoms with Crippen LogP contribution < -0.4 is 0 Å². The van der Waals surface area contributed by atoms with Gasteiger partial charge in [-0.2, -0.15) is 13.2 Å². The van der Waals surface area contributed by atoms with Crippen LogP contribution in [0, 0.1) is 12.3 Å². The minimum Gasteiger partial charge on any atom is -0.481 e. The van der Waals surface area contributed by atoms with Crippen LogP contribution in [-0.4, -0.2) is 46.1 Å². The molecule has 128 valence electrons. The number of fused-ring (bicyclic) bond motifs is 1. The van der Waals surface area contributed by atoms with Gasteiger partial charge in [0.1, 0.15) is 5.52 Å². The van der Waals surface area contributed by atoms with Gasteiger partial charge < -0.3 is 14.4 Å². The average Bonchev–Trinajstić information content (AvgIpc) is 3.10. The predicted octanol–water partition coefficient (Wildman–Crippen LogP) is 2.62. The van der Waals surface area contributed by atoms with E-state index in [9.17, 15) is 22.8 Å². The molecule has 1 unspecified atom stereocenters. The lowest BCUT2D eigenvalue weighted by molar-refractivity contribution is -0.227. The van der Waals surface area contributed by atoms with E-state index in [0.29, 0.717) is 16.8 Å². The van der Waals surface area contributed by atoms with Crippen LogP contribution in [0.5, 0.6) is 0 Å². The average molecular weight is 342 g/mol. The summed E-state index contributed by atoms with van der Waals surface area (Å²) < 4.78 is 44.8. The fourth-order valence-electron chi connectivity index (χ4n) is 2.80. The van der Waals surface area contributed by atoms with Crippen LogP contribution in [0.25, 0.3) is 11.1 Å². The maximum Gasteiger partial charge on any atom is 0.406 e. The van der Waals surface area contributed by atoms with Gasteiger partial charge in [0.25, 0.3) is 5.91 Å². The number of carbonyl (C=O) groups excluding carboxylic acids is 1. The lowest BCUT2D eigenvalue weighted by Gasteiger charge is -2.26. The van der Waals surface area contributed by atoms with E-state index in [1.165, 1.54) is 6.07 Å². The minimum absolute atomic E-state index is 0.161. The van der Waals surface area contributed by atoms with Crippen LogP contribution in [0.4, 0.5) is 13.2 Å². The fourth-order valence-corrected chi connectivity index (χ4v) is 2.80. The van der Waals surface area contributed by atoms with Gasteiger partial charge >= 0.3 is 12.1 Å². The molecule has 1 aliphatic rings.